The van der Waals surface area contributed by atoms with Gasteiger partial charge in [-0.15, -0.1) is 0 Å². The molecule has 8 heteroatoms. The van der Waals surface area contributed by atoms with Gasteiger partial charge in [0.05, 0.1) is 18.1 Å². The third kappa shape index (κ3) is 5.33. The van der Waals surface area contributed by atoms with E-state index in [-0.39, 0.29) is 16.8 Å². The number of hydrogen-bond acceptors (Lipinski definition) is 5. The molecule has 2 fully saturated rings. The van der Waals surface area contributed by atoms with Gasteiger partial charge in [-0.25, -0.2) is 8.42 Å². The first kappa shape index (κ1) is 21.5. The SMILES string of the molecule is O=C(/C=C/c1ccc(S(=O)(=O)N2CCOCC2)cc1)N1CCC(Nc2ccccc2)C1. The van der Waals surface area contributed by atoms with E-state index >= 15 is 0 Å². The van der Waals surface area contributed by atoms with Crippen LogP contribution in [0.3, 0.4) is 0 Å². The van der Waals surface area contributed by atoms with E-state index in [9.17, 15) is 13.2 Å². The first-order valence-electron chi connectivity index (χ1n) is 10.5. The predicted octanol–water partition coefficient (Wildman–Crippen LogP) is 2.43. The van der Waals surface area contributed by atoms with Gasteiger partial charge in [0, 0.05) is 44.0 Å². The Morgan fingerprint density at radius 1 is 1.00 bits per heavy atom. The van der Waals surface area contributed by atoms with Gasteiger partial charge >= 0.3 is 0 Å². The Morgan fingerprint density at radius 2 is 1.71 bits per heavy atom. The number of anilines is 1. The Kier molecular flexibility index (Phi) is 6.70. The topological polar surface area (TPSA) is 79.0 Å². The maximum atomic E-state index is 12.7. The molecule has 1 N–H and O–H groups in total. The average molecular weight is 442 g/mol. The number of carbonyl (C=O) groups excluding carboxylic acids is 1. The third-order valence-electron chi connectivity index (χ3n) is 5.55. The van der Waals surface area contributed by atoms with Crippen LogP contribution in [0.2, 0.25) is 0 Å². The number of nitrogens with zero attached hydrogens (tertiary/aromatic N) is 2. The summed E-state index contributed by atoms with van der Waals surface area (Å²) in [6.07, 6.45) is 4.18. The number of sulfonamides is 1. The summed E-state index contributed by atoms with van der Waals surface area (Å²) in [7, 11) is -3.51. The molecule has 2 aromatic rings. The van der Waals surface area contributed by atoms with Gasteiger partial charge in [0.25, 0.3) is 0 Å². The molecule has 2 aromatic carbocycles. The van der Waals surface area contributed by atoms with Crippen molar-refractivity contribution in [1.29, 1.82) is 0 Å². The fourth-order valence-corrected chi connectivity index (χ4v) is 5.22. The summed E-state index contributed by atoms with van der Waals surface area (Å²) in [5.74, 6) is -0.0395. The van der Waals surface area contributed by atoms with Crippen LogP contribution in [0.15, 0.2) is 65.6 Å². The van der Waals surface area contributed by atoms with Crippen LogP contribution in [0.5, 0.6) is 0 Å². The van der Waals surface area contributed by atoms with Crippen molar-refractivity contribution >= 4 is 27.7 Å². The van der Waals surface area contributed by atoms with Crippen molar-refractivity contribution in [2.45, 2.75) is 17.4 Å². The number of para-hydroxylation sites is 1. The molecule has 31 heavy (non-hydrogen) atoms. The molecule has 1 atom stereocenters. The van der Waals surface area contributed by atoms with Crippen molar-refractivity contribution in [2.75, 3.05) is 44.7 Å². The predicted molar refractivity (Wildman–Crippen MR) is 120 cm³/mol. The molecule has 4 rings (SSSR count). The summed E-state index contributed by atoms with van der Waals surface area (Å²) < 4.78 is 32.0. The van der Waals surface area contributed by atoms with Crippen LogP contribution in [0, 0.1) is 0 Å². The molecule has 2 heterocycles. The molecule has 2 saturated heterocycles. The van der Waals surface area contributed by atoms with Crippen molar-refractivity contribution in [3.05, 3.63) is 66.2 Å². The highest BCUT2D eigenvalue weighted by atomic mass is 32.2. The number of ether oxygens (including phenoxy) is 1. The Bertz CT molecular complexity index is 1020. The second kappa shape index (κ2) is 9.64. The van der Waals surface area contributed by atoms with Crippen LogP contribution in [0.25, 0.3) is 6.08 Å². The standard InChI is InChI=1S/C23H27N3O4S/c27-23(25-13-12-21(18-25)24-20-4-2-1-3-5-20)11-8-19-6-9-22(10-7-19)31(28,29)26-14-16-30-17-15-26/h1-11,21,24H,12-18H2/b11-8+. The van der Waals surface area contributed by atoms with Crippen LogP contribution in [-0.4, -0.2) is 69.0 Å². The molecule has 0 aromatic heterocycles. The lowest BCUT2D eigenvalue weighted by Gasteiger charge is -2.26. The summed E-state index contributed by atoms with van der Waals surface area (Å²) in [5.41, 5.74) is 1.84. The van der Waals surface area contributed by atoms with Gasteiger partial charge in [0.15, 0.2) is 0 Å². The molecule has 0 radical (unpaired) electrons. The average Bonchev–Trinajstić information content (AvgIpc) is 3.27. The van der Waals surface area contributed by atoms with Gasteiger partial charge in [0.2, 0.25) is 15.9 Å². The molecule has 2 aliphatic heterocycles. The highest BCUT2D eigenvalue weighted by molar-refractivity contribution is 7.89. The molecule has 1 amide bonds. The minimum Gasteiger partial charge on any atom is -0.380 e. The molecule has 1 unspecified atom stereocenters. The van der Waals surface area contributed by atoms with Crippen molar-refractivity contribution in [1.82, 2.24) is 9.21 Å². The van der Waals surface area contributed by atoms with E-state index < -0.39 is 10.0 Å². The van der Waals surface area contributed by atoms with Crippen LogP contribution in [0.1, 0.15) is 12.0 Å². The Balaban J connectivity index is 1.33. The van der Waals surface area contributed by atoms with E-state index in [0.717, 1.165) is 17.7 Å². The van der Waals surface area contributed by atoms with E-state index in [0.29, 0.717) is 39.4 Å². The summed E-state index contributed by atoms with van der Waals surface area (Å²) in [5, 5.41) is 3.46. The van der Waals surface area contributed by atoms with Gasteiger partial charge < -0.3 is 15.0 Å². The molecular formula is C23H27N3O4S. The second-order valence-electron chi connectivity index (χ2n) is 7.70. The maximum absolute atomic E-state index is 12.7. The minimum absolute atomic E-state index is 0.0395. The summed E-state index contributed by atoms with van der Waals surface area (Å²) in [4.78, 5) is 14.6. The van der Waals surface area contributed by atoms with Gasteiger partial charge in [-0.1, -0.05) is 30.3 Å². The molecule has 0 saturated carbocycles. The molecule has 0 bridgehead atoms. The summed E-state index contributed by atoms with van der Waals surface area (Å²) in [6.45, 7) is 2.95. The van der Waals surface area contributed by atoms with Gasteiger partial charge in [0.1, 0.15) is 0 Å². The van der Waals surface area contributed by atoms with E-state index in [1.165, 1.54) is 4.31 Å². The van der Waals surface area contributed by atoms with Crippen LogP contribution < -0.4 is 5.32 Å². The van der Waals surface area contributed by atoms with E-state index in [4.69, 9.17) is 4.74 Å². The quantitative estimate of drug-likeness (QED) is 0.697. The van der Waals surface area contributed by atoms with Gasteiger partial charge in [-0.2, -0.15) is 4.31 Å². The first-order chi connectivity index (χ1) is 15.0. The fourth-order valence-electron chi connectivity index (χ4n) is 3.81. The van der Waals surface area contributed by atoms with Gasteiger partial charge in [-0.05, 0) is 42.3 Å². The number of amides is 1. The number of morpholine rings is 1. The summed E-state index contributed by atoms with van der Waals surface area (Å²) in [6, 6.07) is 16.9. The number of carbonyl (C=O) groups is 1. The number of hydrogen-bond donors (Lipinski definition) is 1. The fraction of sp³-hybridized carbons (Fsp3) is 0.348. The van der Waals surface area contributed by atoms with Crippen molar-refractivity contribution in [2.24, 2.45) is 0 Å². The van der Waals surface area contributed by atoms with E-state index in [1.807, 2.05) is 35.2 Å². The number of benzene rings is 2. The molecular weight excluding hydrogens is 414 g/mol. The van der Waals surface area contributed by atoms with Gasteiger partial charge in [-0.3, -0.25) is 4.79 Å². The second-order valence-corrected chi connectivity index (χ2v) is 9.64. The summed E-state index contributed by atoms with van der Waals surface area (Å²) >= 11 is 0. The maximum Gasteiger partial charge on any atom is 0.246 e. The molecule has 164 valence electrons. The molecule has 0 aliphatic carbocycles. The lowest BCUT2D eigenvalue weighted by Crippen LogP contribution is -2.40. The largest absolute Gasteiger partial charge is 0.380 e. The van der Waals surface area contributed by atoms with E-state index in [1.54, 1.807) is 36.4 Å². The molecule has 7 nitrogen and oxygen atoms in total. The third-order valence-corrected chi connectivity index (χ3v) is 7.46. The Hall–Kier alpha value is -2.68. The molecule has 2 aliphatic rings. The van der Waals surface area contributed by atoms with Crippen molar-refractivity contribution in [3.63, 3.8) is 0 Å². The number of rotatable bonds is 6. The zero-order chi connectivity index (χ0) is 21.7. The highest BCUT2D eigenvalue weighted by Crippen LogP contribution is 2.19. The Morgan fingerprint density at radius 3 is 2.42 bits per heavy atom. The van der Waals surface area contributed by atoms with Crippen LogP contribution in [-0.2, 0) is 19.6 Å². The van der Waals surface area contributed by atoms with Crippen molar-refractivity contribution < 1.29 is 17.9 Å². The Labute approximate surface area is 183 Å². The van der Waals surface area contributed by atoms with Crippen molar-refractivity contribution in [3.8, 4) is 0 Å². The minimum atomic E-state index is -3.51. The lowest BCUT2D eigenvalue weighted by molar-refractivity contribution is -0.124. The van der Waals surface area contributed by atoms with E-state index in [2.05, 4.69) is 5.32 Å². The van der Waals surface area contributed by atoms with Crippen LogP contribution in [0.4, 0.5) is 5.69 Å². The molecule has 0 spiro atoms. The number of likely N-dealkylation sites (tertiary alicyclic amines) is 1. The van der Waals surface area contributed by atoms with Crippen LogP contribution >= 0.6 is 0 Å². The smallest absolute Gasteiger partial charge is 0.246 e. The normalized spacial score (nSPS) is 20.3. The number of nitrogens with one attached hydrogen (secondary N) is 1. The monoisotopic (exact) mass is 441 g/mol. The zero-order valence-corrected chi connectivity index (χ0v) is 18.1. The zero-order valence-electron chi connectivity index (χ0n) is 17.3. The first-order valence-corrected chi connectivity index (χ1v) is 11.9. The highest BCUT2D eigenvalue weighted by Gasteiger charge is 2.26. The lowest BCUT2D eigenvalue weighted by atomic mass is 10.2.